The molecule has 0 fully saturated rings. The molecule has 0 spiro atoms. The van der Waals surface area contributed by atoms with Crippen molar-refractivity contribution in [2.45, 2.75) is 39.7 Å². The predicted octanol–water partition coefficient (Wildman–Crippen LogP) is 2.55. The Balaban J connectivity index is 3.27. The highest BCUT2D eigenvalue weighted by Crippen LogP contribution is 2.09. The Bertz CT molecular complexity index is 307. The van der Waals surface area contributed by atoms with Crippen molar-refractivity contribution in [3.63, 3.8) is 0 Å². The van der Waals surface area contributed by atoms with Gasteiger partial charge in [-0.25, -0.2) is 0 Å². The van der Waals surface area contributed by atoms with Crippen LogP contribution < -0.4 is 5.56 Å². The van der Waals surface area contributed by atoms with Crippen LogP contribution in [0, 0.1) is 0 Å². The summed E-state index contributed by atoms with van der Waals surface area (Å²) >= 11 is 0. The lowest BCUT2D eigenvalue weighted by atomic mass is 10.1. The van der Waals surface area contributed by atoms with E-state index in [0.717, 1.165) is 5.56 Å². The van der Waals surface area contributed by atoms with E-state index in [4.69, 9.17) is 0 Å². The fraction of sp³-hybridized carbons (Fsp3) is 0.545. The molecular formula is C11H17NO. The third kappa shape index (κ3) is 2.00. The Hall–Kier alpha value is -1.05. The van der Waals surface area contributed by atoms with Crippen molar-refractivity contribution in [1.29, 1.82) is 0 Å². The molecule has 2 nitrogen and oxygen atoms in total. The second kappa shape index (κ2) is 3.77. The van der Waals surface area contributed by atoms with E-state index in [9.17, 15) is 4.79 Å². The van der Waals surface area contributed by atoms with Crippen LogP contribution in [-0.4, -0.2) is 4.57 Å². The van der Waals surface area contributed by atoms with E-state index in [1.165, 1.54) is 0 Å². The van der Waals surface area contributed by atoms with E-state index in [1.807, 2.05) is 46.0 Å². The Morgan fingerprint density at radius 3 is 2.31 bits per heavy atom. The molecule has 0 bridgehead atoms. The molecule has 0 atom stereocenters. The number of hydrogen-bond donors (Lipinski definition) is 0. The quantitative estimate of drug-likeness (QED) is 0.684. The molecule has 0 unspecified atom stereocenters. The SMILES string of the molecule is CC(C)c1cccn(C(C)C)c1=O. The van der Waals surface area contributed by atoms with Crippen molar-refractivity contribution in [3.05, 3.63) is 34.2 Å². The summed E-state index contributed by atoms with van der Waals surface area (Å²) in [5.74, 6) is 0.304. The first-order chi connectivity index (χ1) is 6.04. The summed E-state index contributed by atoms with van der Waals surface area (Å²) in [6.45, 7) is 8.12. The molecule has 1 aromatic heterocycles. The highest BCUT2D eigenvalue weighted by Gasteiger charge is 2.07. The zero-order valence-corrected chi connectivity index (χ0v) is 8.74. The van der Waals surface area contributed by atoms with Gasteiger partial charge in [-0.15, -0.1) is 0 Å². The zero-order chi connectivity index (χ0) is 10.0. The fourth-order valence-corrected chi connectivity index (χ4v) is 1.37. The maximum atomic E-state index is 11.8. The van der Waals surface area contributed by atoms with E-state index in [0.29, 0.717) is 5.92 Å². The molecule has 0 saturated heterocycles. The summed E-state index contributed by atoms with van der Waals surface area (Å²) in [6.07, 6.45) is 1.85. The van der Waals surface area contributed by atoms with Gasteiger partial charge in [0.1, 0.15) is 0 Å². The summed E-state index contributed by atoms with van der Waals surface area (Å²) in [6, 6.07) is 4.09. The normalized spacial score (nSPS) is 11.2. The topological polar surface area (TPSA) is 22.0 Å². The minimum Gasteiger partial charge on any atom is -0.313 e. The van der Waals surface area contributed by atoms with Gasteiger partial charge in [-0.2, -0.15) is 0 Å². The second-order valence-electron chi connectivity index (χ2n) is 3.92. The lowest BCUT2D eigenvalue weighted by Gasteiger charge is -2.12. The molecule has 1 heterocycles. The number of nitrogens with zero attached hydrogens (tertiary/aromatic N) is 1. The average molecular weight is 179 g/mol. The molecule has 0 amide bonds. The molecule has 0 saturated carbocycles. The summed E-state index contributed by atoms with van der Waals surface area (Å²) in [5, 5.41) is 0. The molecule has 0 aromatic carbocycles. The summed E-state index contributed by atoms with van der Waals surface area (Å²) in [7, 11) is 0. The van der Waals surface area contributed by atoms with E-state index >= 15 is 0 Å². The Morgan fingerprint density at radius 2 is 1.85 bits per heavy atom. The third-order valence-electron chi connectivity index (χ3n) is 2.18. The maximum Gasteiger partial charge on any atom is 0.254 e. The second-order valence-corrected chi connectivity index (χ2v) is 3.92. The zero-order valence-electron chi connectivity index (χ0n) is 8.74. The van der Waals surface area contributed by atoms with Crippen molar-refractivity contribution >= 4 is 0 Å². The van der Waals surface area contributed by atoms with Gasteiger partial charge in [0.2, 0.25) is 0 Å². The van der Waals surface area contributed by atoms with Crippen LogP contribution in [0.4, 0.5) is 0 Å². The van der Waals surface area contributed by atoms with E-state index in [-0.39, 0.29) is 11.6 Å². The summed E-state index contributed by atoms with van der Waals surface area (Å²) < 4.78 is 1.77. The number of rotatable bonds is 2. The van der Waals surface area contributed by atoms with E-state index in [1.54, 1.807) is 4.57 Å². The molecule has 0 aliphatic carbocycles. The summed E-state index contributed by atoms with van der Waals surface area (Å²) in [4.78, 5) is 11.8. The van der Waals surface area contributed by atoms with Crippen LogP contribution in [0.1, 0.15) is 45.2 Å². The Kier molecular flexibility index (Phi) is 2.91. The molecule has 1 rings (SSSR count). The lowest BCUT2D eigenvalue weighted by Crippen LogP contribution is -2.24. The third-order valence-corrected chi connectivity index (χ3v) is 2.18. The minimum atomic E-state index is 0.146. The van der Waals surface area contributed by atoms with Crippen LogP contribution in [-0.2, 0) is 0 Å². The number of aromatic nitrogens is 1. The van der Waals surface area contributed by atoms with Gasteiger partial charge in [0.25, 0.3) is 5.56 Å². The van der Waals surface area contributed by atoms with Crippen molar-refractivity contribution in [2.24, 2.45) is 0 Å². The van der Waals surface area contributed by atoms with Crippen molar-refractivity contribution in [1.82, 2.24) is 4.57 Å². The van der Waals surface area contributed by atoms with E-state index < -0.39 is 0 Å². The van der Waals surface area contributed by atoms with Crippen molar-refractivity contribution in [2.75, 3.05) is 0 Å². The monoisotopic (exact) mass is 179 g/mol. The lowest BCUT2D eigenvalue weighted by molar-refractivity contribution is 0.569. The van der Waals surface area contributed by atoms with Gasteiger partial charge in [0, 0.05) is 17.8 Å². The van der Waals surface area contributed by atoms with Gasteiger partial charge in [0.15, 0.2) is 0 Å². The standard InChI is InChI=1S/C11H17NO/c1-8(2)10-6-5-7-12(9(3)4)11(10)13/h5-9H,1-4H3. The van der Waals surface area contributed by atoms with Crippen LogP contribution in [0.2, 0.25) is 0 Å². The Morgan fingerprint density at radius 1 is 1.23 bits per heavy atom. The van der Waals surface area contributed by atoms with Gasteiger partial charge < -0.3 is 4.57 Å². The first kappa shape index (κ1) is 10.0. The van der Waals surface area contributed by atoms with Gasteiger partial charge in [0.05, 0.1) is 0 Å². The smallest absolute Gasteiger partial charge is 0.254 e. The van der Waals surface area contributed by atoms with Crippen LogP contribution in [0.25, 0.3) is 0 Å². The minimum absolute atomic E-state index is 0.146. The molecule has 0 N–H and O–H groups in total. The molecule has 0 aliphatic heterocycles. The van der Waals surface area contributed by atoms with Crippen LogP contribution in [0.5, 0.6) is 0 Å². The Labute approximate surface area is 79.2 Å². The van der Waals surface area contributed by atoms with Crippen LogP contribution >= 0.6 is 0 Å². The molecular weight excluding hydrogens is 162 g/mol. The summed E-state index contributed by atoms with van der Waals surface area (Å²) in [5.41, 5.74) is 1.05. The molecule has 72 valence electrons. The van der Waals surface area contributed by atoms with Crippen LogP contribution in [0.15, 0.2) is 23.1 Å². The molecule has 2 heteroatoms. The predicted molar refractivity (Wildman–Crippen MR) is 55.2 cm³/mol. The fourth-order valence-electron chi connectivity index (χ4n) is 1.37. The first-order valence-corrected chi connectivity index (χ1v) is 4.75. The van der Waals surface area contributed by atoms with Gasteiger partial charge in [-0.05, 0) is 25.8 Å². The highest BCUT2D eigenvalue weighted by molar-refractivity contribution is 5.14. The van der Waals surface area contributed by atoms with Crippen molar-refractivity contribution in [3.8, 4) is 0 Å². The van der Waals surface area contributed by atoms with Gasteiger partial charge >= 0.3 is 0 Å². The van der Waals surface area contributed by atoms with Crippen molar-refractivity contribution < 1.29 is 0 Å². The van der Waals surface area contributed by atoms with E-state index in [2.05, 4.69) is 0 Å². The van der Waals surface area contributed by atoms with Gasteiger partial charge in [-0.3, -0.25) is 4.79 Å². The molecule has 13 heavy (non-hydrogen) atoms. The maximum absolute atomic E-state index is 11.8. The largest absolute Gasteiger partial charge is 0.313 e. The highest BCUT2D eigenvalue weighted by atomic mass is 16.1. The molecule has 0 radical (unpaired) electrons. The molecule has 1 aromatic rings. The molecule has 0 aliphatic rings. The van der Waals surface area contributed by atoms with Crippen LogP contribution in [0.3, 0.4) is 0 Å². The number of pyridine rings is 1. The first-order valence-electron chi connectivity index (χ1n) is 4.75. The average Bonchev–Trinajstić information content (AvgIpc) is 2.03. The van der Waals surface area contributed by atoms with Gasteiger partial charge in [-0.1, -0.05) is 19.9 Å². The number of hydrogen-bond acceptors (Lipinski definition) is 1.